The summed E-state index contributed by atoms with van der Waals surface area (Å²) < 4.78 is 2.13. The van der Waals surface area contributed by atoms with Crippen LogP contribution in [0.2, 0.25) is 0 Å². The molecule has 4 nitrogen and oxygen atoms in total. The minimum atomic E-state index is 0.287. The second-order valence-corrected chi connectivity index (χ2v) is 6.37. The van der Waals surface area contributed by atoms with Crippen molar-refractivity contribution in [3.8, 4) is 0 Å². The van der Waals surface area contributed by atoms with Crippen LogP contribution in [-0.2, 0) is 13.5 Å². The molecule has 1 aliphatic rings. The average molecular weight is 278 g/mol. The summed E-state index contributed by atoms with van der Waals surface area (Å²) in [4.78, 5) is 7.13. The molecule has 2 heterocycles. The van der Waals surface area contributed by atoms with Crippen LogP contribution >= 0.6 is 0 Å². The van der Waals surface area contributed by atoms with Gasteiger partial charge in [0.1, 0.15) is 5.82 Å². The van der Waals surface area contributed by atoms with Gasteiger partial charge < -0.3 is 9.88 Å². The van der Waals surface area contributed by atoms with Crippen LogP contribution in [0.3, 0.4) is 0 Å². The van der Waals surface area contributed by atoms with Gasteiger partial charge >= 0.3 is 0 Å². The predicted molar refractivity (Wildman–Crippen MR) is 83.9 cm³/mol. The molecule has 2 unspecified atom stereocenters. The molecule has 0 aliphatic carbocycles. The molecule has 0 saturated carbocycles. The molecule has 1 aromatic rings. The number of nitrogens with zero attached hydrogens (tertiary/aromatic N) is 3. The molecule has 114 valence electrons. The number of piperazine rings is 1. The van der Waals surface area contributed by atoms with Crippen LogP contribution in [0, 0.1) is 0 Å². The minimum Gasteiger partial charge on any atom is -0.338 e. The zero-order valence-electron chi connectivity index (χ0n) is 13.5. The van der Waals surface area contributed by atoms with E-state index in [0.29, 0.717) is 6.04 Å². The van der Waals surface area contributed by atoms with E-state index < -0.39 is 0 Å². The topological polar surface area (TPSA) is 33.1 Å². The Morgan fingerprint density at radius 2 is 2.25 bits per heavy atom. The minimum absolute atomic E-state index is 0.287. The lowest BCUT2D eigenvalue weighted by Gasteiger charge is -2.48. The number of rotatable bonds is 6. The number of hydrogen-bond acceptors (Lipinski definition) is 3. The SMILES string of the molecule is CCCC1CN(CCc2nccn2C)C(C)(CC)CN1. The first-order valence-electron chi connectivity index (χ1n) is 8.03. The van der Waals surface area contributed by atoms with E-state index in [1.807, 2.05) is 12.4 Å². The molecule has 0 spiro atoms. The van der Waals surface area contributed by atoms with Gasteiger partial charge in [-0.25, -0.2) is 4.98 Å². The highest BCUT2D eigenvalue weighted by Crippen LogP contribution is 2.24. The van der Waals surface area contributed by atoms with Crippen LogP contribution in [-0.4, -0.2) is 45.7 Å². The van der Waals surface area contributed by atoms with Gasteiger partial charge in [-0.2, -0.15) is 0 Å². The fourth-order valence-electron chi connectivity index (χ4n) is 3.15. The Labute approximate surface area is 123 Å². The Balaban J connectivity index is 1.98. The van der Waals surface area contributed by atoms with E-state index in [-0.39, 0.29) is 5.54 Å². The summed E-state index contributed by atoms with van der Waals surface area (Å²) in [6.07, 6.45) is 8.70. The van der Waals surface area contributed by atoms with Crippen LogP contribution in [0.15, 0.2) is 12.4 Å². The molecule has 4 heteroatoms. The number of hydrogen-bond donors (Lipinski definition) is 1. The first kappa shape index (κ1) is 15.5. The first-order chi connectivity index (χ1) is 9.59. The summed E-state index contributed by atoms with van der Waals surface area (Å²) >= 11 is 0. The molecule has 2 atom stereocenters. The average Bonchev–Trinajstić information content (AvgIpc) is 2.85. The Bertz CT molecular complexity index is 414. The molecule has 1 aromatic heterocycles. The number of nitrogens with one attached hydrogen (secondary N) is 1. The molecule has 1 aliphatic heterocycles. The molecule has 0 radical (unpaired) electrons. The Morgan fingerprint density at radius 3 is 2.85 bits per heavy atom. The van der Waals surface area contributed by atoms with Crippen molar-refractivity contribution in [2.24, 2.45) is 7.05 Å². The van der Waals surface area contributed by atoms with Crippen LogP contribution < -0.4 is 5.32 Å². The highest BCUT2D eigenvalue weighted by Gasteiger charge is 2.35. The fourth-order valence-corrected chi connectivity index (χ4v) is 3.15. The van der Waals surface area contributed by atoms with Gasteiger partial charge in [-0.05, 0) is 19.8 Å². The summed E-state index contributed by atoms with van der Waals surface area (Å²) in [6.45, 7) is 10.3. The maximum Gasteiger partial charge on any atom is 0.109 e. The second-order valence-electron chi connectivity index (χ2n) is 6.37. The van der Waals surface area contributed by atoms with Crippen molar-refractivity contribution in [3.63, 3.8) is 0 Å². The van der Waals surface area contributed by atoms with E-state index in [1.165, 1.54) is 31.6 Å². The lowest BCUT2D eigenvalue weighted by Crippen LogP contribution is -2.63. The van der Waals surface area contributed by atoms with E-state index in [2.05, 4.69) is 47.6 Å². The Morgan fingerprint density at radius 1 is 1.45 bits per heavy atom. The van der Waals surface area contributed by atoms with Crippen LogP contribution in [0.1, 0.15) is 45.9 Å². The lowest BCUT2D eigenvalue weighted by molar-refractivity contribution is 0.0474. The van der Waals surface area contributed by atoms with Crippen LogP contribution in [0.4, 0.5) is 0 Å². The largest absolute Gasteiger partial charge is 0.338 e. The fraction of sp³-hybridized carbons (Fsp3) is 0.812. The monoisotopic (exact) mass is 278 g/mol. The van der Waals surface area contributed by atoms with Crippen molar-refractivity contribution in [1.29, 1.82) is 0 Å². The number of aromatic nitrogens is 2. The highest BCUT2D eigenvalue weighted by atomic mass is 15.3. The summed E-state index contributed by atoms with van der Waals surface area (Å²) in [5.74, 6) is 1.19. The van der Waals surface area contributed by atoms with Gasteiger partial charge in [-0.1, -0.05) is 20.3 Å². The van der Waals surface area contributed by atoms with Gasteiger partial charge in [0.15, 0.2) is 0 Å². The lowest BCUT2D eigenvalue weighted by atomic mass is 9.91. The van der Waals surface area contributed by atoms with Gasteiger partial charge in [0.05, 0.1) is 0 Å². The second kappa shape index (κ2) is 6.72. The summed E-state index contributed by atoms with van der Waals surface area (Å²) in [7, 11) is 2.08. The number of aryl methyl sites for hydroxylation is 1. The van der Waals surface area contributed by atoms with E-state index in [4.69, 9.17) is 0 Å². The number of imidazole rings is 1. The molecule has 1 N–H and O–H groups in total. The molecule has 1 saturated heterocycles. The third-order valence-corrected chi connectivity index (χ3v) is 4.90. The third-order valence-electron chi connectivity index (χ3n) is 4.90. The standard InChI is InChI=1S/C16H30N4/c1-5-7-14-12-20(16(3,6-2)13-18-14)10-8-15-17-9-11-19(15)4/h9,11,14,18H,5-8,10,12-13H2,1-4H3. The van der Waals surface area contributed by atoms with Crippen molar-refractivity contribution < 1.29 is 0 Å². The predicted octanol–water partition coefficient (Wildman–Crippen LogP) is 2.21. The van der Waals surface area contributed by atoms with Gasteiger partial charge in [-0.3, -0.25) is 4.90 Å². The van der Waals surface area contributed by atoms with Crippen molar-refractivity contribution in [3.05, 3.63) is 18.2 Å². The summed E-state index contributed by atoms with van der Waals surface area (Å²) in [5, 5.41) is 3.73. The summed E-state index contributed by atoms with van der Waals surface area (Å²) in [5.41, 5.74) is 0.287. The van der Waals surface area contributed by atoms with Crippen LogP contribution in [0.5, 0.6) is 0 Å². The molecule has 0 bridgehead atoms. The van der Waals surface area contributed by atoms with E-state index in [1.54, 1.807) is 0 Å². The smallest absolute Gasteiger partial charge is 0.109 e. The van der Waals surface area contributed by atoms with Gasteiger partial charge in [-0.15, -0.1) is 0 Å². The van der Waals surface area contributed by atoms with Crippen molar-refractivity contribution in [2.45, 2.75) is 58.0 Å². The zero-order valence-corrected chi connectivity index (χ0v) is 13.5. The van der Waals surface area contributed by atoms with E-state index >= 15 is 0 Å². The molecule has 20 heavy (non-hydrogen) atoms. The zero-order chi connectivity index (χ0) is 14.6. The third kappa shape index (κ3) is 3.41. The maximum absolute atomic E-state index is 4.45. The van der Waals surface area contributed by atoms with E-state index in [9.17, 15) is 0 Å². The Kier molecular flexibility index (Phi) is 5.22. The quantitative estimate of drug-likeness (QED) is 0.866. The first-order valence-corrected chi connectivity index (χ1v) is 8.03. The van der Waals surface area contributed by atoms with Crippen molar-refractivity contribution in [1.82, 2.24) is 19.8 Å². The van der Waals surface area contributed by atoms with E-state index in [0.717, 1.165) is 19.5 Å². The molecular weight excluding hydrogens is 248 g/mol. The van der Waals surface area contributed by atoms with Gasteiger partial charge in [0.25, 0.3) is 0 Å². The van der Waals surface area contributed by atoms with Crippen molar-refractivity contribution in [2.75, 3.05) is 19.6 Å². The van der Waals surface area contributed by atoms with Gasteiger partial charge in [0, 0.05) is 57.1 Å². The molecule has 1 fully saturated rings. The molecular formula is C16H30N4. The van der Waals surface area contributed by atoms with Crippen LogP contribution in [0.25, 0.3) is 0 Å². The van der Waals surface area contributed by atoms with Gasteiger partial charge in [0.2, 0.25) is 0 Å². The molecule has 0 aromatic carbocycles. The highest BCUT2D eigenvalue weighted by molar-refractivity contribution is 4.98. The molecule has 2 rings (SSSR count). The summed E-state index contributed by atoms with van der Waals surface area (Å²) in [6, 6.07) is 0.654. The van der Waals surface area contributed by atoms with Crippen molar-refractivity contribution >= 4 is 0 Å². The maximum atomic E-state index is 4.45. The molecule has 0 amide bonds. The normalized spacial score (nSPS) is 27.9. The Hall–Kier alpha value is -0.870.